The number of aromatic amines is 1. The molecule has 4 nitrogen and oxygen atoms in total. The van der Waals surface area contributed by atoms with Crippen LogP contribution in [0.2, 0.25) is 0 Å². The summed E-state index contributed by atoms with van der Waals surface area (Å²) in [6.45, 7) is 6.50. The first-order valence-electron chi connectivity index (χ1n) is 4.90. The molecule has 0 aliphatic carbocycles. The van der Waals surface area contributed by atoms with E-state index >= 15 is 0 Å². The maximum atomic E-state index is 4.37. The molecule has 2 aromatic heterocycles. The lowest BCUT2D eigenvalue weighted by molar-refractivity contribution is 0.587. The zero-order valence-corrected chi connectivity index (χ0v) is 9.15. The standard InChI is InChI=1S/C11H14N4/c1-11(2,3)8-4-5-9(12-6-8)10-7-13-15-14-10/h4-7H,1-3H3,(H,13,14,15). The van der Waals surface area contributed by atoms with E-state index in [4.69, 9.17) is 0 Å². The van der Waals surface area contributed by atoms with Gasteiger partial charge in [-0.25, -0.2) is 0 Å². The number of rotatable bonds is 1. The Morgan fingerprint density at radius 3 is 2.33 bits per heavy atom. The van der Waals surface area contributed by atoms with Gasteiger partial charge in [-0.15, -0.1) is 0 Å². The molecule has 78 valence electrons. The molecular weight excluding hydrogens is 188 g/mol. The molecule has 0 radical (unpaired) electrons. The fraction of sp³-hybridized carbons (Fsp3) is 0.364. The average Bonchev–Trinajstić information content (AvgIpc) is 2.69. The second-order valence-electron chi connectivity index (χ2n) is 4.54. The van der Waals surface area contributed by atoms with Crippen LogP contribution in [0.4, 0.5) is 0 Å². The zero-order valence-electron chi connectivity index (χ0n) is 9.15. The Hall–Kier alpha value is -1.71. The zero-order chi connectivity index (χ0) is 10.9. The molecule has 0 spiro atoms. The molecule has 0 amide bonds. The van der Waals surface area contributed by atoms with Crippen LogP contribution in [0.1, 0.15) is 26.3 Å². The van der Waals surface area contributed by atoms with Crippen molar-refractivity contribution in [1.82, 2.24) is 20.4 Å². The summed E-state index contributed by atoms with van der Waals surface area (Å²) in [6, 6.07) is 4.05. The topological polar surface area (TPSA) is 54.5 Å². The maximum Gasteiger partial charge on any atom is 0.131 e. The maximum absolute atomic E-state index is 4.37. The fourth-order valence-electron chi connectivity index (χ4n) is 1.31. The van der Waals surface area contributed by atoms with E-state index in [-0.39, 0.29) is 5.41 Å². The van der Waals surface area contributed by atoms with Crippen molar-refractivity contribution < 1.29 is 0 Å². The average molecular weight is 202 g/mol. The van der Waals surface area contributed by atoms with E-state index in [1.807, 2.05) is 12.3 Å². The Morgan fingerprint density at radius 1 is 1.07 bits per heavy atom. The lowest BCUT2D eigenvalue weighted by Gasteiger charge is -2.18. The van der Waals surface area contributed by atoms with Crippen LogP contribution in [0.15, 0.2) is 24.5 Å². The van der Waals surface area contributed by atoms with Gasteiger partial charge in [0.25, 0.3) is 0 Å². The van der Waals surface area contributed by atoms with Gasteiger partial charge in [-0.2, -0.15) is 15.4 Å². The third-order valence-electron chi connectivity index (χ3n) is 2.31. The Bertz CT molecular complexity index is 423. The molecule has 0 bridgehead atoms. The molecule has 0 aromatic carbocycles. The van der Waals surface area contributed by atoms with Crippen molar-refractivity contribution in [3.8, 4) is 11.4 Å². The van der Waals surface area contributed by atoms with Gasteiger partial charge in [0.2, 0.25) is 0 Å². The second-order valence-corrected chi connectivity index (χ2v) is 4.54. The number of aromatic nitrogens is 4. The van der Waals surface area contributed by atoms with Crippen LogP contribution in [0.5, 0.6) is 0 Å². The lowest BCUT2D eigenvalue weighted by Crippen LogP contribution is -2.11. The summed E-state index contributed by atoms with van der Waals surface area (Å²) >= 11 is 0. The van der Waals surface area contributed by atoms with Gasteiger partial charge in [0.05, 0.1) is 11.9 Å². The van der Waals surface area contributed by atoms with E-state index in [9.17, 15) is 0 Å². The minimum absolute atomic E-state index is 0.134. The van der Waals surface area contributed by atoms with Gasteiger partial charge in [0.1, 0.15) is 5.69 Å². The molecule has 0 unspecified atom stereocenters. The largest absolute Gasteiger partial charge is 0.254 e. The number of nitrogens with one attached hydrogen (secondary N) is 1. The molecule has 0 aliphatic heterocycles. The van der Waals surface area contributed by atoms with Gasteiger partial charge >= 0.3 is 0 Å². The first kappa shape index (κ1) is 9.83. The number of H-pyrrole nitrogens is 1. The molecule has 2 rings (SSSR count). The van der Waals surface area contributed by atoms with Crippen molar-refractivity contribution in [2.75, 3.05) is 0 Å². The van der Waals surface area contributed by atoms with Crippen molar-refractivity contribution in [3.63, 3.8) is 0 Å². The minimum atomic E-state index is 0.134. The van der Waals surface area contributed by atoms with Crippen LogP contribution < -0.4 is 0 Å². The third kappa shape index (κ3) is 2.03. The van der Waals surface area contributed by atoms with Crippen LogP contribution in [-0.4, -0.2) is 20.4 Å². The van der Waals surface area contributed by atoms with Gasteiger partial charge in [0, 0.05) is 6.20 Å². The van der Waals surface area contributed by atoms with Gasteiger partial charge in [-0.1, -0.05) is 26.8 Å². The molecule has 1 N–H and O–H groups in total. The fourth-order valence-corrected chi connectivity index (χ4v) is 1.31. The molecule has 0 saturated carbocycles. The predicted octanol–water partition coefficient (Wildman–Crippen LogP) is 2.16. The summed E-state index contributed by atoms with van der Waals surface area (Å²) < 4.78 is 0. The van der Waals surface area contributed by atoms with Crippen molar-refractivity contribution in [2.45, 2.75) is 26.2 Å². The number of nitrogens with zero attached hydrogens (tertiary/aromatic N) is 3. The summed E-state index contributed by atoms with van der Waals surface area (Å²) in [7, 11) is 0. The minimum Gasteiger partial charge on any atom is -0.254 e. The van der Waals surface area contributed by atoms with Gasteiger partial charge in [-0.05, 0) is 17.0 Å². The molecule has 0 saturated heterocycles. The molecule has 0 fully saturated rings. The number of hydrogen-bond acceptors (Lipinski definition) is 3. The van der Waals surface area contributed by atoms with Crippen molar-refractivity contribution in [2.24, 2.45) is 0 Å². The molecular formula is C11H14N4. The van der Waals surface area contributed by atoms with E-state index in [2.05, 4.69) is 47.2 Å². The SMILES string of the molecule is CC(C)(C)c1ccc(-c2cn[nH]n2)nc1. The van der Waals surface area contributed by atoms with Crippen LogP contribution in [0.3, 0.4) is 0 Å². The van der Waals surface area contributed by atoms with E-state index in [0.717, 1.165) is 11.4 Å². The number of pyridine rings is 1. The first-order valence-corrected chi connectivity index (χ1v) is 4.90. The highest BCUT2D eigenvalue weighted by molar-refractivity contribution is 5.52. The quantitative estimate of drug-likeness (QED) is 0.771. The lowest BCUT2D eigenvalue weighted by atomic mass is 9.88. The summed E-state index contributed by atoms with van der Waals surface area (Å²) in [6.07, 6.45) is 3.56. The normalized spacial score (nSPS) is 11.7. The van der Waals surface area contributed by atoms with E-state index < -0.39 is 0 Å². The van der Waals surface area contributed by atoms with Crippen LogP contribution >= 0.6 is 0 Å². The molecule has 2 aromatic rings. The smallest absolute Gasteiger partial charge is 0.131 e. The van der Waals surface area contributed by atoms with Crippen molar-refractivity contribution >= 4 is 0 Å². The Balaban J connectivity index is 2.33. The van der Waals surface area contributed by atoms with Crippen molar-refractivity contribution in [1.29, 1.82) is 0 Å². The third-order valence-corrected chi connectivity index (χ3v) is 2.31. The van der Waals surface area contributed by atoms with E-state index in [0.29, 0.717) is 0 Å². The highest BCUT2D eigenvalue weighted by Crippen LogP contribution is 2.22. The predicted molar refractivity (Wildman–Crippen MR) is 58.3 cm³/mol. The Labute approximate surface area is 88.8 Å². The van der Waals surface area contributed by atoms with Crippen LogP contribution in [0, 0.1) is 0 Å². The highest BCUT2D eigenvalue weighted by Gasteiger charge is 2.14. The van der Waals surface area contributed by atoms with E-state index in [1.54, 1.807) is 6.20 Å². The molecule has 15 heavy (non-hydrogen) atoms. The van der Waals surface area contributed by atoms with Gasteiger partial charge in [0.15, 0.2) is 0 Å². The summed E-state index contributed by atoms with van der Waals surface area (Å²) in [4.78, 5) is 4.37. The second kappa shape index (κ2) is 3.46. The molecule has 4 heteroatoms. The van der Waals surface area contributed by atoms with Crippen LogP contribution in [-0.2, 0) is 5.41 Å². The van der Waals surface area contributed by atoms with Gasteiger partial charge in [-0.3, -0.25) is 4.98 Å². The number of hydrogen-bond donors (Lipinski definition) is 1. The van der Waals surface area contributed by atoms with Crippen molar-refractivity contribution in [3.05, 3.63) is 30.1 Å². The Kier molecular flexibility index (Phi) is 2.26. The van der Waals surface area contributed by atoms with E-state index in [1.165, 1.54) is 5.56 Å². The van der Waals surface area contributed by atoms with Crippen LogP contribution in [0.25, 0.3) is 11.4 Å². The first-order chi connectivity index (χ1) is 7.07. The molecule has 0 aliphatic rings. The summed E-state index contributed by atoms with van der Waals surface area (Å²) in [5.41, 5.74) is 2.97. The summed E-state index contributed by atoms with van der Waals surface area (Å²) in [5, 5.41) is 10.3. The summed E-state index contributed by atoms with van der Waals surface area (Å²) in [5.74, 6) is 0. The Morgan fingerprint density at radius 2 is 1.87 bits per heavy atom. The molecule has 2 heterocycles. The molecule has 0 atom stereocenters. The monoisotopic (exact) mass is 202 g/mol. The van der Waals surface area contributed by atoms with Gasteiger partial charge < -0.3 is 0 Å². The highest BCUT2D eigenvalue weighted by atomic mass is 15.3.